The van der Waals surface area contributed by atoms with Gasteiger partial charge in [0.1, 0.15) is 12.4 Å². The molecule has 0 amide bonds. The predicted octanol–water partition coefficient (Wildman–Crippen LogP) is 6.28. The van der Waals surface area contributed by atoms with Crippen LogP contribution in [0.15, 0.2) is 89.9 Å². The second-order valence-corrected chi connectivity index (χ2v) is 7.97. The lowest BCUT2D eigenvalue weighted by molar-refractivity contribution is 0.370. The second-order valence-electron chi connectivity index (χ2n) is 7.97. The first-order valence-corrected chi connectivity index (χ1v) is 10.6. The highest BCUT2D eigenvalue weighted by Gasteiger charge is 2.37. The van der Waals surface area contributed by atoms with Gasteiger partial charge in [0, 0.05) is 17.8 Å². The average Bonchev–Trinajstić information content (AvgIpc) is 3.32. The van der Waals surface area contributed by atoms with Crippen molar-refractivity contribution >= 4 is 17.6 Å². The summed E-state index contributed by atoms with van der Waals surface area (Å²) < 4.78 is 5.40. The summed E-state index contributed by atoms with van der Waals surface area (Å²) in [5.74, 6) is 4.28. The van der Waals surface area contributed by atoms with Gasteiger partial charge in [0.2, 0.25) is 0 Å². The molecule has 0 aromatic heterocycles. The smallest absolute Gasteiger partial charge is 0.148 e. The first-order valence-electron chi connectivity index (χ1n) is 10.6. The van der Waals surface area contributed by atoms with Gasteiger partial charge in [-0.1, -0.05) is 48.4 Å². The van der Waals surface area contributed by atoms with Crippen molar-refractivity contribution in [1.29, 1.82) is 0 Å². The standard InChI is InChI=1S/C28H24N2O/c1-2-18-31-23-16-10-20(11-17-23)19-29-22-14-12-21(13-15-22)28-26-8-5-7-24(26)25-6-3-4-9-27(25)30-28/h1,3-7,9-17,19,24,26,28,30H,8,18H2/t24-,26+,28+/m1/s1. The quantitative estimate of drug-likeness (QED) is 0.309. The highest BCUT2D eigenvalue weighted by atomic mass is 16.5. The molecule has 3 aromatic carbocycles. The lowest BCUT2D eigenvalue weighted by atomic mass is 9.77. The van der Waals surface area contributed by atoms with E-state index in [-0.39, 0.29) is 6.61 Å². The van der Waals surface area contributed by atoms with Gasteiger partial charge >= 0.3 is 0 Å². The molecule has 152 valence electrons. The molecule has 3 aromatic rings. The summed E-state index contributed by atoms with van der Waals surface area (Å²) in [6.07, 6.45) is 12.9. The summed E-state index contributed by atoms with van der Waals surface area (Å²) in [6, 6.07) is 25.3. The summed E-state index contributed by atoms with van der Waals surface area (Å²) in [7, 11) is 0. The molecule has 0 fully saturated rings. The molecule has 3 nitrogen and oxygen atoms in total. The molecular formula is C28H24N2O. The van der Waals surface area contributed by atoms with Crippen LogP contribution in [0.2, 0.25) is 0 Å². The Balaban J connectivity index is 1.30. The SMILES string of the molecule is C#CCOc1ccc(C=Nc2ccc([C@@H]3Nc4ccccc4[C@H]4C=CC[C@@H]43)cc2)cc1. The molecule has 5 rings (SSSR count). The van der Waals surface area contributed by atoms with Gasteiger partial charge in [0.05, 0.1) is 11.7 Å². The molecule has 0 spiro atoms. The van der Waals surface area contributed by atoms with Crippen molar-refractivity contribution in [3.8, 4) is 18.1 Å². The van der Waals surface area contributed by atoms with E-state index in [1.807, 2.05) is 30.5 Å². The van der Waals surface area contributed by atoms with Crippen molar-refractivity contribution in [2.75, 3.05) is 11.9 Å². The lowest BCUT2D eigenvalue weighted by Crippen LogP contribution is -2.28. The third kappa shape index (κ3) is 3.98. The van der Waals surface area contributed by atoms with Crippen LogP contribution in [0.3, 0.4) is 0 Å². The molecule has 0 bridgehead atoms. The molecule has 2 aliphatic rings. The molecule has 3 heteroatoms. The van der Waals surface area contributed by atoms with Gasteiger partial charge in [0.25, 0.3) is 0 Å². The number of para-hydroxylation sites is 1. The minimum atomic E-state index is 0.277. The third-order valence-electron chi connectivity index (χ3n) is 6.09. The summed E-state index contributed by atoms with van der Waals surface area (Å²) in [4.78, 5) is 4.63. The van der Waals surface area contributed by atoms with Gasteiger partial charge < -0.3 is 10.1 Å². The molecule has 0 unspecified atom stereocenters. The zero-order chi connectivity index (χ0) is 21.0. The van der Waals surface area contributed by atoms with Gasteiger partial charge in [-0.3, -0.25) is 4.99 Å². The predicted molar refractivity (Wildman–Crippen MR) is 127 cm³/mol. The van der Waals surface area contributed by atoms with Gasteiger partial charge in [0.15, 0.2) is 0 Å². The molecule has 0 saturated heterocycles. The van der Waals surface area contributed by atoms with Crippen molar-refractivity contribution in [1.82, 2.24) is 0 Å². The summed E-state index contributed by atoms with van der Waals surface area (Å²) in [5.41, 5.74) is 5.92. The van der Waals surface area contributed by atoms with E-state index in [0.29, 0.717) is 17.9 Å². The van der Waals surface area contributed by atoms with Crippen LogP contribution in [0, 0.1) is 18.3 Å². The van der Waals surface area contributed by atoms with Crippen molar-refractivity contribution in [3.63, 3.8) is 0 Å². The van der Waals surface area contributed by atoms with Crippen molar-refractivity contribution in [2.24, 2.45) is 10.9 Å². The van der Waals surface area contributed by atoms with Crippen LogP contribution in [0.25, 0.3) is 0 Å². The molecule has 1 heterocycles. The number of fused-ring (bicyclic) bond motifs is 3. The monoisotopic (exact) mass is 404 g/mol. The Hall–Kier alpha value is -3.77. The Labute approximate surface area is 183 Å². The number of hydrogen-bond donors (Lipinski definition) is 1. The van der Waals surface area contributed by atoms with Crippen LogP contribution < -0.4 is 10.1 Å². The van der Waals surface area contributed by atoms with Gasteiger partial charge in [-0.2, -0.15) is 0 Å². The van der Waals surface area contributed by atoms with Crippen LogP contribution in [-0.4, -0.2) is 12.8 Å². The third-order valence-corrected chi connectivity index (χ3v) is 6.09. The molecule has 1 aliphatic carbocycles. The molecule has 0 saturated carbocycles. The fourth-order valence-corrected chi connectivity index (χ4v) is 4.57. The first kappa shape index (κ1) is 19.2. The van der Waals surface area contributed by atoms with Crippen LogP contribution in [0.5, 0.6) is 5.75 Å². The van der Waals surface area contributed by atoms with Crippen LogP contribution in [0.4, 0.5) is 11.4 Å². The Morgan fingerprint density at radius 3 is 2.65 bits per heavy atom. The normalized spacial score (nSPS) is 21.2. The Bertz CT molecular complexity index is 1150. The van der Waals surface area contributed by atoms with E-state index < -0.39 is 0 Å². The van der Waals surface area contributed by atoms with E-state index in [9.17, 15) is 0 Å². The Kier molecular flexibility index (Phi) is 5.29. The Morgan fingerprint density at radius 2 is 1.84 bits per heavy atom. The minimum absolute atomic E-state index is 0.277. The first-order chi connectivity index (χ1) is 15.3. The van der Waals surface area contributed by atoms with Crippen LogP contribution >= 0.6 is 0 Å². The van der Waals surface area contributed by atoms with Crippen molar-refractivity contribution < 1.29 is 4.74 Å². The number of aliphatic imine (C=N–C) groups is 1. The fraction of sp³-hybridized carbons (Fsp3) is 0.179. The number of rotatable bonds is 5. The summed E-state index contributed by atoms with van der Waals surface area (Å²) in [6.45, 7) is 0.277. The number of nitrogens with zero attached hydrogens (tertiary/aromatic N) is 1. The number of allylic oxidation sites excluding steroid dienone is 2. The van der Waals surface area contributed by atoms with E-state index in [4.69, 9.17) is 11.2 Å². The molecule has 1 aliphatic heterocycles. The van der Waals surface area contributed by atoms with Gasteiger partial charge in [-0.15, -0.1) is 6.42 Å². The van der Waals surface area contributed by atoms with Crippen molar-refractivity contribution in [3.05, 3.63) is 102 Å². The highest BCUT2D eigenvalue weighted by Crippen LogP contribution is 2.49. The van der Waals surface area contributed by atoms with Gasteiger partial charge in [-0.25, -0.2) is 0 Å². The van der Waals surface area contributed by atoms with Crippen LogP contribution in [-0.2, 0) is 0 Å². The molecule has 1 N–H and O–H groups in total. The summed E-state index contributed by atoms with van der Waals surface area (Å²) >= 11 is 0. The van der Waals surface area contributed by atoms with E-state index in [1.165, 1.54) is 16.8 Å². The Morgan fingerprint density at radius 1 is 1.03 bits per heavy atom. The molecular weight excluding hydrogens is 380 g/mol. The number of ether oxygens (including phenoxy) is 1. The lowest BCUT2D eigenvalue weighted by Gasteiger charge is -2.37. The number of terminal acetylenes is 1. The molecule has 0 radical (unpaired) electrons. The largest absolute Gasteiger partial charge is 0.481 e. The van der Waals surface area contributed by atoms with Crippen molar-refractivity contribution in [2.45, 2.75) is 18.4 Å². The van der Waals surface area contributed by atoms with E-state index in [2.05, 4.69) is 76.9 Å². The highest BCUT2D eigenvalue weighted by molar-refractivity contribution is 5.82. The summed E-state index contributed by atoms with van der Waals surface area (Å²) in [5, 5.41) is 3.78. The van der Waals surface area contributed by atoms with E-state index in [1.54, 1.807) is 0 Å². The maximum absolute atomic E-state index is 5.40. The van der Waals surface area contributed by atoms with E-state index >= 15 is 0 Å². The molecule has 31 heavy (non-hydrogen) atoms. The van der Waals surface area contributed by atoms with E-state index in [0.717, 1.165) is 23.4 Å². The van der Waals surface area contributed by atoms with Gasteiger partial charge in [-0.05, 0) is 71.5 Å². The second kappa shape index (κ2) is 8.53. The zero-order valence-corrected chi connectivity index (χ0v) is 17.2. The maximum Gasteiger partial charge on any atom is 0.148 e. The fourth-order valence-electron chi connectivity index (χ4n) is 4.57. The number of benzene rings is 3. The topological polar surface area (TPSA) is 33.6 Å². The minimum Gasteiger partial charge on any atom is -0.481 e. The number of hydrogen-bond acceptors (Lipinski definition) is 3. The number of anilines is 1. The molecule has 3 atom stereocenters. The number of nitrogens with one attached hydrogen (secondary N) is 1. The van der Waals surface area contributed by atoms with Crippen LogP contribution in [0.1, 0.15) is 35.1 Å². The maximum atomic E-state index is 5.40. The average molecular weight is 405 g/mol. The zero-order valence-electron chi connectivity index (χ0n) is 17.2.